The standard InChI is InChI=1S/C14H30N4O/c1-11-5-7-18(8-6-11)13(3)9-16-14(15)17-12(2)10-19-4/h11-13H,5-10H2,1-4H3,(H3,15,16,17). The van der Waals surface area contributed by atoms with Gasteiger partial charge in [0.1, 0.15) is 0 Å². The molecule has 1 rings (SSSR count). The summed E-state index contributed by atoms with van der Waals surface area (Å²) >= 11 is 0. The van der Waals surface area contributed by atoms with Gasteiger partial charge in [0.2, 0.25) is 0 Å². The molecule has 1 aliphatic heterocycles. The van der Waals surface area contributed by atoms with E-state index in [-0.39, 0.29) is 6.04 Å². The van der Waals surface area contributed by atoms with Gasteiger partial charge < -0.3 is 15.8 Å². The van der Waals surface area contributed by atoms with Crippen molar-refractivity contribution in [2.24, 2.45) is 16.6 Å². The van der Waals surface area contributed by atoms with Gasteiger partial charge in [-0.05, 0) is 45.7 Å². The maximum atomic E-state index is 5.87. The maximum Gasteiger partial charge on any atom is 0.188 e. The van der Waals surface area contributed by atoms with Gasteiger partial charge in [-0.3, -0.25) is 9.89 Å². The van der Waals surface area contributed by atoms with Crippen LogP contribution in [0.5, 0.6) is 0 Å². The lowest BCUT2D eigenvalue weighted by Crippen LogP contribution is -2.43. The Kier molecular flexibility index (Phi) is 7.16. The van der Waals surface area contributed by atoms with E-state index in [0.29, 0.717) is 18.6 Å². The topological polar surface area (TPSA) is 62.9 Å². The molecule has 0 aromatic heterocycles. The average Bonchev–Trinajstić information content (AvgIpc) is 2.37. The summed E-state index contributed by atoms with van der Waals surface area (Å²) in [6, 6.07) is 0.658. The van der Waals surface area contributed by atoms with Crippen molar-refractivity contribution < 1.29 is 4.74 Å². The van der Waals surface area contributed by atoms with Crippen molar-refractivity contribution in [3.05, 3.63) is 0 Å². The molecular formula is C14H30N4O. The summed E-state index contributed by atoms with van der Waals surface area (Å²) in [7, 11) is 1.69. The van der Waals surface area contributed by atoms with Crippen LogP contribution in [0.2, 0.25) is 0 Å². The van der Waals surface area contributed by atoms with Crippen LogP contribution in [0.4, 0.5) is 0 Å². The van der Waals surface area contributed by atoms with Crippen LogP contribution in [0.3, 0.4) is 0 Å². The van der Waals surface area contributed by atoms with E-state index < -0.39 is 0 Å². The quantitative estimate of drug-likeness (QED) is 0.559. The van der Waals surface area contributed by atoms with Crippen molar-refractivity contribution in [3.63, 3.8) is 0 Å². The van der Waals surface area contributed by atoms with Crippen molar-refractivity contribution in [1.29, 1.82) is 0 Å². The minimum atomic E-state index is 0.194. The Hall–Kier alpha value is -0.810. The second kappa shape index (κ2) is 8.38. The monoisotopic (exact) mass is 270 g/mol. The van der Waals surface area contributed by atoms with Crippen LogP contribution >= 0.6 is 0 Å². The molecule has 0 bridgehead atoms. The molecular weight excluding hydrogens is 240 g/mol. The fourth-order valence-corrected chi connectivity index (χ4v) is 2.41. The molecule has 0 amide bonds. The van der Waals surface area contributed by atoms with E-state index >= 15 is 0 Å². The summed E-state index contributed by atoms with van der Waals surface area (Å²) < 4.78 is 5.05. The molecule has 1 aliphatic rings. The lowest BCUT2D eigenvalue weighted by molar-refractivity contribution is 0.150. The van der Waals surface area contributed by atoms with Crippen molar-refractivity contribution in [2.75, 3.05) is 33.4 Å². The fourth-order valence-electron chi connectivity index (χ4n) is 2.41. The predicted octanol–water partition coefficient (Wildman–Crippen LogP) is 1.05. The molecule has 5 heteroatoms. The number of nitrogens with two attached hydrogens (primary N) is 1. The number of methoxy groups -OCH3 is 1. The first-order valence-electron chi connectivity index (χ1n) is 7.32. The van der Waals surface area contributed by atoms with Crippen LogP contribution in [0, 0.1) is 5.92 Å². The largest absolute Gasteiger partial charge is 0.383 e. The third-order valence-corrected chi connectivity index (χ3v) is 3.78. The first kappa shape index (κ1) is 16.2. The van der Waals surface area contributed by atoms with Crippen molar-refractivity contribution >= 4 is 5.96 Å². The molecule has 0 aromatic carbocycles. The molecule has 0 aromatic rings. The normalized spacial score (nSPS) is 22.2. The number of rotatable bonds is 6. The zero-order chi connectivity index (χ0) is 14.3. The third kappa shape index (κ3) is 6.25. The first-order valence-corrected chi connectivity index (χ1v) is 7.32. The number of ether oxygens (including phenoxy) is 1. The molecule has 1 saturated heterocycles. The summed E-state index contributed by atoms with van der Waals surface area (Å²) in [6.45, 7) is 10.4. The molecule has 0 aliphatic carbocycles. The van der Waals surface area contributed by atoms with E-state index in [1.54, 1.807) is 7.11 Å². The molecule has 0 saturated carbocycles. The second-order valence-corrected chi connectivity index (χ2v) is 5.79. The third-order valence-electron chi connectivity index (χ3n) is 3.78. The second-order valence-electron chi connectivity index (χ2n) is 5.79. The number of aliphatic imine (C=N–C) groups is 1. The number of hydrogen-bond donors (Lipinski definition) is 2. The zero-order valence-corrected chi connectivity index (χ0v) is 12.9. The minimum Gasteiger partial charge on any atom is -0.383 e. The molecule has 0 spiro atoms. The highest BCUT2D eigenvalue weighted by atomic mass is 16.5. The summed E-state index contributed by atoms with van der Waals surface area (Å²) in [5, 5.41) is 3.13. The Labute approximate surface area is 117 Å². The lowest BCUT2D eigenvalue weighted by Gasteiger charge is -2.34. The Bertz CT molecular complexity index is 275. The van der Waals surface area contributed by atoms with Crippen LogP contribution in [-0.2, 0) is 4.74 Å². The van der Waals surface area contributed by atoms with Crippen molar-refractivity contribution in [3.8, 4) is 0 Å². The number of hydrogen-bond acceptors (Lipinski definition) is 3. The van der Waals surface area contributed by atoms with Crippen LogP contribution in [0.25, 0.3) is 0 Å². The highest BCUT2D eigenvalue weighted by Crippen LogP contribution is 2.17. The van der Waals surface area contributed by atoms with Crippen LogP contribution in [0.1, 0.15) is 33.6 Å². The minimum absolute atomic E-state index is 0.194. The summed E-state index contributed by atoms with van der Waals surface area (Å²) in [5.41, 5.74) is 5.87. The number of nitrogens with zero attached hydrogens (tertiary/aromatic N) is 2. The van der Waals surface area contributed by atoms with Crippen LogP contribution < -0.4 is 11.1 Å². The number of nitrogens with one attached hydrogen (secondary N) is 1. The van der Waals surface area contributed by atoms with Gasteiger partial charge in [0.25, 0.3) is 0 Å². The smallest absolute Gasteiger partial charge is 0.188 e. The van der Waals surface area contributed by atoms with Gasteiger partial charge in [-0.1, -0.05) is 6.92 Å². The Morgan fingerprint density at radius 2 is 2.05 bits per heavy atom. The van der Waals surface area contributed by atoms with Crippen molar-refractivity contribution in [2.45, 2.75) is 45.7 Å². The Morgan fingerprint density at radius 1 is 1.42 bits per heavy atom. The molecule has 5 nitrogen and oxygen atoms in total. The van der Waals surface area contributed by atoms with Crippen LogP contribution in [-0.4, -0.2) is 56.3 Å². The van der Waals surface area contributed by atoms with Gasteiger partial charge >= 0.3 is 0 Å². The molecule has 2 unspecified atom stereocenters. The Morgan fingerprint density at radius 3 is 2.63 bits per heavy atom. The average molecular weight is 270 g/mol. The predicted molar refractivity (Wildman–Crippen MR) is 80.4 cm³/mol. The number of guanidine groups is 1. The maximum absolute atomic E-state index is 5.87. The van der Waals surface area contributed by atoms with Gasteiger partial charge in [-0.25, -0.2) is 0 Å². The lowest BCUT2D eigenvalue weighted by atomic mass is 9.98. The molecule has 3 N–H and O–H groups in total. The van der Waals surface area contributed by atoms with Gasteiger partial charge in [0.05, 0.1) is 13.2 Å². The van der Waals surface area contributed by atoms with Gasteiger partial charge in [-0.15, -0.1) is 0 Å². The van der Waals surface area contributed by atoms with E-state index in [1.807, 2.05) is 6.92 Å². The summed E-state index contributed by atoms with van der Waals surface area (Å²) in [5.74, 6) is 1.38. The first-order chi connectivity index (χ1) is 9.02. The molecule has 112 valence electrons. The zero-order valence-electron chi connectivity index (χ0n) is 12.9. The van der Waals surface area contributed by atoms with Crippen LogP contribution in [0.15, 0.2) is 4.99 Å². The molecule has 2 atom stereocenters. The van der Waals surface area contributed by atoms with E-state index in [1.165, 1.54) is 25.9 Å². The fraction of sp³-hybridized carbons (Fsp3) is 0.929. The summed E-state index contributed by atoms with van der Waals surface area (Å²) in [4.78, 5) is 6.94. The van der Waals surface area contributed by atoms with Gasteiger partial charge in [0, 0.05) is 19.2 Å². The SMILES string of the molecule is COCC(C)NC(N)=NCC(C)N1CCC(C)CC1. The molecule has 1 heterocycles. The van der Waals surface area contributed by atoms with Crippen molar-refractivity contribution in [1.82, 2.24) is 10.2 Å². The summed E-state index contributed by atoms with van der Waals surface area (Å²) in [6.07, 6.45) is 2.60. The number of piperidine rings is 1. The Balaban J connectivity index is 2.29. The van der Waals surface area contributed by atoms with E-state index in [2.05, 4.69) is 29.1 Å². The van der Waals surface area contributed by atoms with E-state index in [4.69, 9.17) is 10.5 Å². The molecule has 1 fully saturated rings. The van der Waals surface area contributed by atoms with Gasteiger partial charge in [-0.2, -0.15) is 0 Å². The molecule has 0 radical (unpaired) electrons. The number of likely N-dealkylation sites (tertiary alicyclic amines) is 1. The highest BCUT2D eigenvalue weighted by molar-refractivity contribution is 5.78. The highest BCUT2D eigenvalue weighted by Gasteiger charge is 2.19. The molecule has 19 heavy (non-hydrogen) atoms. The van der Waals surface area contributed by atoms with Gasteiger partial charge in [0.15, 0.2) is 5.96 Å². The van der Waals surface area contributed by atoms with E-state index in [9.17, 15) is 0 Å². The van der Waals surface area contributed by atoms with E-state index in [0.717, 1.165) is 12.5 Å².